The third-order valence-electron chi connectivity index (χ3n) is 1.68. The fraction of sp³-hybridized carbons (Fsp3) is 0.111. The van der Waals surface area contributed by atoms with Gasteiger partial charge in [-0.25, -0.2) is 0 Å². The summed E-state index contributed by atoms with van der Waals surface area (Å²) in [4.78, 5) is 21.1. The van der Waals surface area contributed by atoms with Crippen LogP contribution in [0, 0.1) is 0 Å². The summed E-state index contributed by atoms with van der Waals surface area (Å²) in [5, 5.41) is 21.5. The molecule has 0 saturated carbocycles. The molecular weight excluding hydrogens is 252 g/mol. The molecule has 0 unspecified atom stereocenters. The predicted molar refractivity (Wildman–Crippen MR) is 47.7 cm³/mol. The second kappa shape index (κ2) is 4.23. The van der Waals surface area contributed by atoms with Crippen LogP contribution in [0.4, 0.5) is 0 Å². The van der Waals surface area contributed by atoms with Gasteiger partial charge in [0.05, 0.1) is 11.9 Å². The summed E-state index contributed by atoms with van der Waals surface area (Å²) in [5.74, 6) is -3.04. The van der Waals surface area contributed by atoms with Crippen LogP contribution in [0.3, 0.4) is 0 Å². The van der Waals surface area contributed by atoms with Crippen LogP contribution in [-0.4, -0.2) is 11.9 Å². The zero-order valence-electron chi connectivity index (χ0n) is 6.95. The summed E-state index contributed by atoms with van der Waals surface area (Å²) in [7, 11) is 0. The number of rotatable bonds is 3. The van der Waals surface area contributed by atoms with Crippen LogP contribution in [0.2, 0.25) is 0 Å². The van der Waals surface area contributed by atoms with Crippen molar-refractivity contribution in [2.75, 3.05) is 0 Å². The molecule has 0 N–H and O–H groups in total. The van der Waals surface area contributed by atoms with Gasteiger partial charge in [-0.2, -0.15) is 0 Å². The van der Waals surface area contributed by atoms with E-state index in [1.807, 2.05) is 0 Å². The number of halogens is 1. The quantitative estimate of drug-likeness (QED) is 0.671. The maximum Gasteiger partial charge on any atom is 0.0722 e. The van der Waals surface area contributed by atoms with Gasteiger partial charge in [-0.05, 0) is 11.6 Å². The Morgan fingerprint density at radius 3 is 2.14 bits per heavy atom. The largest absolute Gasteiger partial charge is 0.545 e. The number of hydrogen-bond acceptors (Lipinski definition) is 4. The normalized spacial score (nSPS) is 9.79. The van der Waals surface area contributed by atoms with E-state index in [0.29, 0.717) is 10.9 Å². The van der Waals surface area contributed by atoms with Gasteiger partial charge in [0.25, 0.3) is 0 Å². The lowest BCUT2D eigenvalue weighted by atomic mass is 10.0. The zero-order valence-corrected chi connectivity index (χ0v) is 8.54. The number of hydrogen-bond donors (Lipinski definition) is 0. The summed E-state index contributed by atoms with van der Waals surface area (Å²) in [6, 6.07) is 3.94. The van der Waals surface area contributed by atoms with E-state index in [1.54, 1.807) is 0 Å². The average Bonchev–Trinajstić information content (AvgIpc) is 2.16. The monoisotopic (exact) mass is 256 g/mol. The standard InChI is InChI=1S/C9H7BrO4/c10-4-5-1-2-6(8(11)12)7(3-5)9(13)14/h1-3H,4H2,(H,11,12)(H,13,14)/p-2. The lowest BCUT2D eigenvalue weighted by Gasteiger charge is -2.12. The van der Waals surface area contributed by atoms with E-state index >= 15 is 0 Å². The van der Waals surface area contributed by atoms with Gasteiger partial charge < -0.3 is 19.8 Å². The number of carboxylic acids is 2. The van der Waals surface area contributed by atoms with Crippen LogP contribution in [0.5, 0.6) is 0 Å². The third-order valence-corrected chi connectivity index (χ3v) is 2.33. The highest BCUT2D eigenvalue weighted by atomic mass is 79.9. The first-order valence-electron chi connectivity index (χ1n) is 3.68. The van der Waals surface area contributed by atoms with Gasteiger partial charge in [0, 0.05) is 16.5 Å². The Bertz CT molecular complexity index is 386. The molecule has 0 heterocycles. The van der Waals surface area contributed by atoms with Gasteiger partial charge in [-0.15, -0.1) is 0 Å². The highest BCUT2D eigenvalue weighted by Gasteiger charge is 2.05. The van der Waals surface area contributed by atoms with Crippen LogP contribution in [-0.2, 0) is 5.33 Å². The van der Waals surface area contributed by atoms with Gasteiger partial charge in [0.2, 0.25) is 0 Å². The number of aromatic carboxylic acids is 2. The minimum atomic E-state index is -1.52. The molecule has 0 fully saturated rings. The Balaban J connectivity index is 3.31. The van der Waals surface area contributed by atoms with E-state index in [9.17, 15) is 19.8 Å². The van der Waals surface area contributed by atoms with Crippen LogP contribution in [0.1, 0.15) is 26.3 Å². The fourth-order valence-corrected chi connectivity index (χ4v) is 1.37. The van der Waals surface area contributed by atoms with Gasteiger partial charge in [0.15, 0.2) is 0 Å². The number of alkyl halides is 1. The van der Waals surface area contributed by atoms with Gasteiger partial charge in [-0.1, -0.05) is 28.1 Å². The van der Waals surface area contributed by atoms with Crippen molar-refractivity contribution in [1.29, 1.82) is 0 Å². The Labute approximate surface area is 88.3 Å². The first-order chi connectivity index (χ1) is 6.56. The lowest BCUT2D eigenvalue weighted by Crippen LogP contribution is -2.30. The number of carboxylic acid groups (broad SMARTS) is 2. The van der Waals surface area contributed by atoms with Crippen LogP contribution >= 0.6 is 15.9 Å². The number of carbonyl (C=O) groups excluding carboxylic acids is 2. The van der Waals surface area contributed by atoms with E-state index in [1.165, 1.54) is 18.2 Å². The smallest absolute Gasteiger partial charge is 0.0722 e. The summed E-state index contributed by atoms with van der Waals surface area (Å²) in [5.41, 5.74) is -0.0640. The molecule has 0 aliphatic heterocycles. The average molecular weight is 257 g/mol. The maximum absolute atomic E-state index is 10.6. The van der Waals surface area contributed by atoms with Crippen molar-refractivity contribution in [3.63, 3.8) is 0 Å². The second-order valence-corrected chi connectivity index (χ2v) is 3.15. The minimum Gasteiger partial charge on any atom is -0.545 e. The molecule has 0 spiro atoms. The van der Waals surface area contributed by atoms with Crippen LogP contribution < -0.4 is 10.2 Å². The molecule has 0 aliphatic carbocycles. The Hall–Kier alpha value is -1.36. The van der Waals surface area contributed by atoms with Crippen LogP contribution in [0.25, 0.3) is 0 Å². The molecule has 0 radical (unpaired) electrons. The SMILES string of the molecule is O=C([O-])c1ccc(CBr)cc1C(=O)[O-]. The Kier molecular flexibility index (Phi) is 3.24. The second-order valence-electron chi connectivity index (χ2n) is 2.59. The van der Waals surface area contributed by atoms with E-state index < -0.39 is 11.9 Å². The van der Waals surface area contributed by atoms with Crippen LogP contribution in [0.15, 0.2) is 18.2 Å². The van der Waals surface area contributed by atoms with E-state index in [2.05, 4.69) is 15.9 Å². The maximum atomic E-state index is 10.6. The number of benzene rings is 1. The van der Waals surface area contributed by atoms with Gasteiger partial charge in [0.1, 0.15) is 0 Å². The molecule has 1 aromatic carbocycles. The van der Waals surface area contributed by atoms with E-state index in [-0.39, 0.29) is 11.1 Å². The van der Waals surface area contributed by atoms with Gasteiger partial charge in [-0.3, -0.25) is 0 Å². The van der Waals surface area contributed by atoms with Crippen molar-refractivity contribution in [2.45, 2.75) is 5.33 Å². The predicted octanol–water partition coefficient (Wildman–Crippen LogP) is -0.692. The number of carbonyl (C=O) groups is 2. The fourth-order valence-electron chi connectivity index (χ4n) is 1.02. The molecule has 0 bridgehead atoms. The van der Waals surface area contributed by atoms with Crippen molar-refractivity contribution < 1.29 is 19.8 Å². The van der Waals surface area contributed by atoms with E-state index in [4.69, 9.17) is 0 Å². The topological polar surface area (TPSA) is 80.3 Å². The molecule has 14 heavy (non-hydrogen) atoms. The van der Waals surface area contributed by atoms with Crippen molar-refractivity contribution in [3.05, 3.63) is 34.9 Å². The Morgan fingerprint density at radius 1 is 1.14 bits per heavy atom. The minimum absolute atomic E-state index is 0.359. The summed E-state index contributed by atoms with van der Waals surface area (Å²) in [6.45, 7) is 0. The molecule has 0 atom stereocenters. The molecule has 5 heteroatoms. The first kappa shape index (κ1) is 10.7. The highest BCUT2D eigenvalue weighted by Crippen LogP contribution is 2.13. The first-order valence-corrected chi connectivity index (χ1v) is 4.80. The third kappa shape index (κ3) is 2.11. The summed E-state index contributed by atoms with van der Waals surface area (Å²) in [6.07, 6.45) is 0. The molecule has 0 saturated heterocycles. The molecule has 74 valence electrons. The molecule has 0 amide bonds. The van der Waals surface area contributed by atoms with Gasteiger partial charge >= 0.3 is 0 Å². The van der Waals surface area contributed by atoms with Crippen molar-refractivity contribution >= 4 is 27.9 Å². The molecule has 0 aliphatic rings. The van der Waals surface area contributed by atoms with E-state index in [0.717, 1.165) is 0 Å². The summed E-state index contributed by atoms with van der Waals surface area (Å²) < 4.78 is 0. The molecule has 1 aromatic rings. The molecule has 0 aromatic heterocycles. The Morgan fingerprint density at radius 2 is 1.71 bits per heavy atom. The zero-order chi connectivity index (χ0) is 10.7. The summed E-state index contributed by atoms with van der Waals surface area (Å²) >= 11 is 3.13. The molecule has 1 rings (SSSR count). The van der Waals surface area contributed by atoms with Crippen molar-refractivity contribution in [2.24, 2.45) is 0 Å². The van der Waals surface area contributed by atoms with Crippen molar-refractivity contribution in [3.8, 4) is 0 Å². The van der Waals surface area contributed by atoms with Crippen molar-refractivity contribution in [1.82, 2.24) is 0 Å². The molecule has 4 nitrogen and oxygen atoms in total. The lowest BCUT2D eigenvalue weighted by molar-refractivity contribution is -0.259. The highest BCUT2D eigenvalue weighted by molar-refractivity contribution is 9.08. The molecular formula is C9H5BrO4-2.